The molecule has 0 radical (unpaired) electrons. The fraction of sp³-hybridized carbons (Fsp3) is 0.538. The molecule has 2 rings (SSSR count). The van der Waals surface area contributed by atoms with Crippen molar-refractivity contribution >= 4 is 0 Å². The zero-order valence-corrected chi connectivity index (χ0v) is 10.3. The maximum Gasteiger partial charge on any atom is 0.164 e. The van der Waals surface area contributed by atoms with Crippen molar-refractivity contribution in [3.8, 4) is 11.5 Å². The minimum atomic E-state index is 0.107. The highest BCUT2D eigenvalue weighted by molar-refractivity contribution is 5.49. The second-order valence-corrected chi connectivity index (χ2v) is 4.22. The van der Waals surface area contributed by atoms with Crippen LogP contribution in [0.2, 0.25) is 0 Å². The van der Waals surface area contributed by atoms with Crippen molar-refractivity contribution in [2.75, 3.05) is 27.4 Å². The van der Waals surface area contributed by atoms with E-state index in [0.717, 1.165) is 30.0 Å². The molecule has 1 aromatic carbocycles. The van der Waals surface area contributed by atoms with Gasteiger partial charge in [0.05, 0.1) is 20.8 Å². The van der Waals surface area contributed by atoms with Gasteiger partial charge in [-0.2, -0.15) is 0 Å². The fourth-order valence-electron chi connectivity index (χ4n) is 2.54. The number of para-hydroxylation sites is 1. The Balaban J connectivity index is 2.37. The number of rotatable bonds is 4. The molecule has 2 atom stereocenters. The monoisotopic (exact) mass is 237 g/mol. The van der Waals surface area contributed by atoms with Gasteiger partial charge in [-0.15, -0.1) is 0 Å². The highest BCUT2D eigenvalue weighted by Crippen LogP contribution is 2.39. The Hall–Kier alpha value is -1.26. The minimum Gasteiger partial charge on any atom is -0.493 e. The SMILES string of the molecule is COc1cccc([C@H]2CCN[C@@H]2CO)c1OC. The molecule has 4 nitrogen and oxygen atoms in total. The van der Waals surface area contributed by atoms with E-state index in [1.165, 1.54) is 0 Å². The van der Waals surface area contributed by atoms with E-state index < -0.39 is 0 Å². The maximum absolute atomic E-state index is 9.35. The highest BCUT2D eigenvalue weighted by Gasteiger charge is 2.30. The van der Waals surface area contributed by atoms with Crippen molar-refractivity contribution in [2.45, 2.75) is 18.4 Å². The van der Waals surface area contributed by atoms with Gasteiger partial charge in [-0.05, 0) is 19.0 Å². The van der Waals surface area contributed by atoms with Gasteiger partial charge in [0, 0.05) is 17.5 Å². The Morgan fingerprint density at radius 2 is 2.18 bits per heavy atom. The molecule has 2 N–H and O–H groups in total. The molecular weight excluding hydrogens is 218 g/mol. The van der Waals surface area contributed by atoms with Crippen LogP contribution in [0.3, 0.4) is 0 Å². The molecule has 0 aliphatic carbocycles. The predicted molar refractivity (Wildman–Crippen MR) is 65.8 cm³/mol. The first-order valence-electron chi connectivity index (χ1n) is 5.87. The van der Waals surface area contributed by atoms with Crippen LogP contribution in [-0.2, 0) is 0 Å². The molecule has 4 heteroatoms. The summed E-state index contributed by atoms with van der Waals surface area (Å²) in [5.41, 5.74) is 1.11. The van der Waals surface area contributed by atoms with Gasteiger partial charge < -0.3 is 19.9 Å². The first-order chi connectivity index (χ1) is 8.31. The van der Waals surface area contributed by atoms with Crippen LogP contribution in [0.15, 0.2) is 18.2 Å². The van der Waals surface area contributed by atoms with Crippen molar-refractivity contribution in [1.82, 2.24) is 5.32 Å². The van der Waals surface area contributed by atoms with Gasteiger partial charge in [0.15, 0.2) is 11.5 Å². The van der Waals surface area contributed by atoms with E-state index >= 15 is 0 Å². The Bertz CT molecular complexity index is 381. The lowest BCUT2D eigenvalue weighted by atomic mass is 9.91. The molecule has 0 spiro atoms. The van der Waals surface area contributed by atoms with E-state index in [4.69, 9.17) is 9.47 Å². The predicted octanol–water partition coefficient (Wildman–Crippen LogP) is 1.14. The number of nitrogens with one attached hydrogen (secondary N) is 1. The molecule has 1 aliphatic heterocycles. The van der Waals surface area contributed by atoms with Gasteiger partial charge in [0.25, 0.3) is 0 Å². The van der Waals surface area contributed by atoms with Crippen LogP contribution in [0.5, 0.6) is 11.5 Å². The second-order valence-electron chi connectivity index (χ2n) is 4.22. The number of ether oxygens (including phenoxy) is 2. The summed E-state index contributed by atoms with van der Waals surface area (Å²) >= 11 is 0. The fourth-order valence-corrected chi connectivity index (χ4v) is 2.54. The van der Waals surface area contributed by atoms with Crippen LogP contribution < -0.4 is 14.8 Å². The van der Waals surface area contributed by atoms with Gasteiger partial charge in [-0.25, -0.2) is 0 Å². The Morgan fingerprint density at radius 3 is 2.82 bits per heavy atom. The number of aliphatic hydroxyl groups is 1. The van der Waals surface area contributed by atoms with Crippen LogP contribution in [0.25, 0.3) is 0 Å². The van der Waals surface area contributed by atoms with Crippen LogP contribution in [0, 0.1) is 0 Å². The van der Waals surface area contributed by atoms with Crippen LogP contribution in [0.4, 0.5) is 0 Å². The molecule has 1 heterocycles. The maximum atomic E-state index is 9.35. The molecule has 0 saturated carbocycles. The van der Waals surface area contributed by atoms with E-state index in [1.54, 1.807) is 14.2 Å². The molecule has 0 aromatic heterocycles. The van der Waals surface area contributed by atoms with Gasteiger partial charge in [0.2, 0.25) is 0 Å². The average Bonchev–Trinajstić information content (AvgIpc) is 2.85. The summed E-state index contributed by atoms with van der Waals surface area (Å²) in [6.07, 6.45) is 1.01. The summed E-state index contributed by atoms with van der Waals surface area (Å²) in [6, 6.07) is 6.00. The summed E-state index contributed by atoms with van der Waals surface area (Å²) in [5, 5.41) is 12.7. The van der Waals surface area contributed by atoms with E-state index in [9.17, 15) is 5.11 Å². The van der Waals surface area contributed by atoms with E-state index in [1.807, 2.05) is 18.2 Å². The molecule has 1 aromatic rings. The zero-order valence-electron chi connectivity index (χ0n) is 10.3. The number of aliphatic hydroxyl groups excluding tert-OH is 1. The van der Waals surface area contributed by atoms with Crippen molar-refractivity contribution in [3.05, 3.63) is 23.8 Å². The van der Waals surface area contributed by atoms with Gasteiger partial charge in [-0.3, -0.25) is 0 Å². The minimum absolute atomic E-state index is 0.107. The molecular formula is C13H19NO3. The van der Waals surface area contributed by atoms with Crippen molar-refractivity contribution < 1.29 is 14.6 Å². The van der Waals surface area contributed by atoms with Crippen molar-refractivity contribution in [3.63, 3.8) is 0 Å². The van der Waals surface area contributed by atoms with E-state index in [0.29, 0.717) is 0 Å². The normalized spacial score (nSPS) is 23.7. The quantitative estimate of drug-likeness (QED) is 0.824. The molecule has 17 heavy (non-hydrogen) atoms. The first kappa shape index (κ1) is 12.2. The second kappa shape index (κ2) is 5.38. The van der Waals surface area contributed by atoms with Crippen molar-refractivity contribution in [2.24, 2.45) is 0 Å². The van der Waals surface area contributed by atoms with Crippen LogP contribution in [0.1, 0.15) is 17.9 Å². The van der Waals surface area contributed by atoms with Gasteiger partial charge in [-0.1, -0.05) is 12.1 Å². The zero-order chi connectivity index (χ0) is 12.3. The van der Waals surface area contributed by atoms with Gasteiger partial charge >= 0.3 is 0 Å². The third kappa shape index (κ3) is 2.23. The van der Waals surface area contributed by atoms with Crippen LogP contribution in [-0.4, -0.2) is 38.5 Å². The Kier molecular flexibility index (Phi) is 3.86. The van der Waals surface area contributed by atoms with E-state index in [-0.39, 0.29) is 18.6 Å². The van der Waals surface area contributed by atoms with E-state index in [2.05, 4.69) is 5.32 Å². The first-order valence-corrected chi connectivity index (χ1v) is 5.87. The Labute approximate surface area is 102 Å². The van der Waals surface area contributed by atoms with Gasteiger partial charge in [0.1, 0.15) is 0 Å². The molecule has 1 fully saturated rings. The lowest BCUT2D eigenvalue weighted by Crippen LogP contribution is -2.29. The lowest BCUT2D eigenvalue weighted by Gasteiger charge is -2.21. The standard InChI is InChI=1S/C13H19NO3/c1-16-12-5-3-4-10(13(12)17-2)9-6-7-14-11(9)8-15/h3-5,9,11,14-15H,6-8H2,1-2H3/t9-,11-/m1/s1. The average molecular weight is 237 g/mol. The third-order valence-corrected chi connectivity index (χ3v) is 3.38. The Morgan fingerprint density at radius 1 is 1.35 bits per heavy atom. The highest BCUT2D eigenvalue weighted by atomic mass is 16.5. The number of methoxy groups -OCH3 is 2. The molecule has 1 aliphatic rings. The molecule has 0 bridgehead atoms. The number of benzene rings is 1. The summed E-state index contributed by atoms with van der Waals surface area (Å²) in [6.45, 7) is 1.07. The topological polar surface area (TPSA) is 50.7 Å². The molecule has 0 unspecified atom stereocenters. The number of hydrogen-bond donors (Lipinski definition) is 2. The number of hydrogen-bond acceptors (Lipinski definition) is 4. The molecule has 94 valence electrons. The van der Waals surface area contributed by atoms with Crippen molar-refractivity contribution in [1.29, 1.82) is 0 Å². The molecule has 0 amide bonds. The largest absolute Gasteiger partial charge is 0.493 e. The smallest absolute Gasteiger partial charge is 0.164 e. The lowest BCUT2D eigenvalue weighted by molar-refractivity contribution is 0.243. The summed E-state index contributed by atoms with van der Waals surface area (Å²) in [5.74, 6) is 1.81. The molecule has 1 saturated heterocycles. The third-order valence-electron chi connectivity index (χ3n) is 3.38. The summed E-state index contributed by atoms with van der Waals surface area (Å²) < 4.78 is 10.7. The van der Waals surface area contributed by atoms with Crippen LogP contribution >= 0.6 is 0 Å². The summed E-state index contributed by atoms with van der Waals surface area (Å²) in [4.78, 5) is 0. The summed E-state index contributed by atoms with van der Waals surface area (Å²) in [7, 11) is 3.29.